The van der Waals surface area contributed by atoms with E-state index in [0.29, 0.717) is 19.7 Å². The molecule has 0 fully saturated rings. The molecular formula is C15H19ClFN3O. The van der Waals surface area contributed by atoms with E-state index in [4.69, 9.17) is 16.3 Å². The number of nitrogens with zero attached hydrogens (tertiary/aromatic N) is 2. The molecule has 0 aliphatic carbocycles. The number of nitrogens with one attached hydrogen (secondary N) is 1. The molecule has 1 aromatic carbocycles. The molecule has 4 nitrogen and oxygen atoms in total. The van der Waals surface area contributed by atoms with Gasteiger partial charge in [0.1, 0.15) is 11.6 Å². The zero-order valence-electron chi connectivity index (χ0n) is 12.2. The van der Waals surface area contributed by atoms with Gasteiger partial charge in [0.05, 0.1) is 17.3 Å². The molecule has 0 bridgehead atoms. The minimum absolute atomic E-state index is 0.144. The molecule has 21 heavy (non-hydrogen) atoms. The number of rotatable bonds is 7. The summed E-state index contributed by atoms with van der Waals surface area (Å²) >= 11 is 5.83. The first-order valence-electron chi connectivity index (χ1n) is 6.76. The SMILES string of the molecule is COCCNCc1cnc(C)n1Cc1ccc(F)c(Cl)c1. The van der Waals surface area contributed by atoms with E-state index in [0.717, 1.165) is 23.6 Å². The van der Waals surface area contributed by atoms with Gasteiger partial charge in [-0.1, -0.05) is 17.7 Å². The molecule has 1 heterocycles. The molecule has 0 spiro atoms. The average Bonchev–Trinajstić information content (AvgIpc) is 2.80. The van der Waals surface area contributed by atoms with Crippen molar-refractivity contribution in [3.8, 4) is 0 Å². The Hall–Kier alpha value is -1.43. The van der Waals surface area contributed by atoms with Crippen LogP contribution < -0.4 is 5.32 Å². The Morgan fingerprint density at radius 2 is 2.24 bits per heavy atom. The van der Waals surface area contributed by atoms with Gasteiger partial charge in [0.15, 0.2) is 0 Å². The van der Waals surface area contributed by atoms with Gasteiger partial charge < -0.3 is 14.6 Å². The average molecular weight is 312 g/mol. The molecule has 2 rings (SSSR count). The molecule has 0 radical (unpaired) electrons. The Labute approximate surface area is 128 Å². The molecule has 0 saturated carbocycles. The molecular weight excluding hydrogens is 293 g/mol. The first-order chi connectivity index (χ1) is 10.1. The largest absolute Gasteiger partial charge is 0.383 e. The summed E-state index contributed by atoms with van der Waals surface area (Å²) in [6.07, 6.45) is 1.85. The van der Waals surface area contributed by atoms with Crippen LogP contribution >= 0.6 is 11.6 Å². The van der Waals surface area contributed by atoms with Crippen molar-refractivity contribution in [1.29, 1.82) is 0 Å². The van der Waals surface area contributed by atoms with Crippen molar-refractivity contribution in [1.82, 2.24) is 14.9 Å². The summed E-state index contributed by atoms with van der Waals surface area (Å²) in [5.41, 5.74) is 2.02. The van der Waals surface area contributed by atoms with Gasteiger partial charge in [-0.25, -0.2) is 9.37 Å². The lowest BCUT2D eigenvalue weighted by Gasteiger charge is -2.11. The van der Waals surface area contributed by atoms with Crippen molar-refractivity contribution >= 4 is 11.6 Å². The van der Waals surface area contributed by atoms with E-state index >= 15 is 0 Å². The van der Waals surface area contributed by atoms with Crippen LogP contribution in [0.1, 0.15) is 17.1 Å². The quantitative estimate of drug-likeness (QED) is 0.799. The van der Waals surface area contributed by atoms with Gasteiger partial charge >= 0.3 is 0 Å². The highest BCUT2D eigenvalue weighted by Crippen LogP contribution is 2.18. The second kappa shape index (κ2) is 7.54. The van der Waals surface area contributed by atoms with Crippen LogP contribution in [0.15, 0.2) is 24.4 Å². The lowest BCUT2D eigenvalue weighted by atomic mass is 10.2. The van der Waals surface area contributed by atoms with E-state index < -0.39 is 5.82 Å². The molecule has 6 heteroatoms. The van der Waals surface area contributed by atoms with E-state index in [1.165, 1.54) is 6.07 Å². The fraction of sp³-hybridized carbons (Fsp3) is 0.400. The highest BCUT2D eigenvalue weighted by Gasteiger charge is 2.08. The zero-order valence-corrected chi connectivity index (χ0v) is 13.0. The van der Waals surface area contributed by atoms with Gasteiger partial charge in [-0.3, -0.25) is 0 Å². The fourth-order valence-electron chi connectivity index (χ4n) is 2.08. The Morgan fingerprint density at radius 1 is 1.43 bits per heavy atom. The molecule has 0 unspecified atom stereocenters. The molecule has 0 aliphatic rings. The third-order valence-corrected chi connectivity index (χ3v) is 3.54. The van der Waals surface area contributed by atoms with E-state index in [1.807, 2.05) is 13.1 Å². The summed E-state index contributed by atoms with van der Waals surface area (Å²) in [6.45, 7) is 4.72. The molecule has 0 saturated heterocycles. The molecule has 1 N–H and O–H groups in total. The molecule has 114 valence electrons. The van der Waals surface area contributed by atoms with E-state index in [1.54, 1.807) is 19.2 Å². The van der Waals surface area contributed by atoms with Gasteiger partial charge in [-0.2, -0.15) is 0 Å². The summed E-state index contributed by atoms with van der Waals surface area (Å²) in [4.78, 5) is 4.34. The normalized spacial score (nSPS) is 11.0. The van der Waals surface area contributed by atoms with E-state index in [2.05, 4.69) is 14.9 Å². The Bertz CT molecular complexity index is 601. The number of halogens is 2. The first kappa shape index (κ1) is 15.9. The van der Waals surface area contributed by atoms with Crippen molar-refractivity contribution in [3.63, 3.8) is 0 Å². The van der Waals surface area contributed by atoms with Crippen LogP contribution in [0, 0.1) is 12.7 Å². The second-order valence-corrected chi connectivity index (χ2v) is 5.21. The van der Waals surface area contributed by atoms with Crippen molar-refractivity contribution in [2.45, 2.75) is 20.0 Å². The number of methoxy groups -OCH3 is 1. The molecule has 0 atom stereocenters. The van der Waals surface area contributed by atoms with Crippen LogP contribution in [0.25, 0.3) is 0 Å². The number of imidazole rings is 1. The number of benzene rings is 1. The Morgan fingerprint density at radius 3 is 2.95 bits per heavy atom. The maximum Gasteiger partial charge on any atom is 0.141 e. The van der Waals surface area contributed by atoms with Crippen molar-refractivity contribution in [2.75, 3.05) is 20.3 Å². The van der Waals surface area contributed by atoms with Gasteiger partial charge in [0, 0.05) is 32.9 Å². The van der Waals surface area contributed by atoms with E-state index in [9.17, 15) is 4.39 Å². The van der Waals surface area contributed by atoms with Crippen LogP contribution in [-0.2, 0) is 17.8 Å². The van der Waals surface area contributed by atoms with Gasteiger partial charge in [-0.15, -0.1) is 0 Å². The van der Waals surface area contributed by atoms with Crippen LogP contribution in [0.3, 0.4) is 0 Å². The minimum Gasteiger partial charge on any atom is -0.383 e. The number of hydrogen-bond acceptors (Lipinski definition) is 3. The number of aromatic nitrogens is 2. The number of aryl methyl sites for hydroxylation is 1. The van der Waals surface area contributed by atoms with Crippen molar-refractivity contribution < 1.29 is 9.13 Å². The topological polar surface area (TPSA) is 39.1 Å². The van der Waals surface area contributed by atoms with Crippen LogP contribution in [0.2, 0.25) is 5.02 Å². The van der Waals surface area contributed by atoms with Crippen LogP contribution in [0.4, 0.5) is 4.39 Å². The summed E-state index contributed by atoms with van der Waals surface area (Å²) in [6, 6.07) is 4.78. The standard InChI is InChI=1S/C15H19ClFN3O/c1-11-19-9-13(8-18-5-6-21-2)20(11)10-12-3-4-15(17)14(16)7-12/h3-4,7,9,18H,5-6,8,10H2,1-2H3. The maximum absolute atomic E-state index is 13.2. The lowest BCUT2D eigenvalue weighted by Crippen LogP contribution is -2.21. The first-order valence-corrected chi connectivity index (χ1v) is 7.14. The highest BCUT2D eigenvalue weighted by atomic mass is 35.5. The summed E-state index contributed by atoms with van der Waals surface area (Å²) in [7, 11) is 1.67. The van der Waals surface area contributed by atoms with E-state index in [-0.39, 0.29) is 5.02 Å². The molecule has 1 aromatic heterocycles. The Kier molecular flexibility index (Phi) is 5.73. The monoisotopic (exact) mass is 311 g/mol. The fourth-order valence-corrected chi connectivity index (χ4v) is 2.29. The number of ether oxygens (including phenoxy) is 1. The smallest absolute Gasteiger partial charge is 0.141 e. The third-order valence-electron chi connectivity index (χ3n) is 3.25. The predicted molar refractivity (Wildman–Crippen MR) is 81.1 cm³/mol. The minimum atomic E-state index is -0.399. The summed E-state index contributed by atoms with van der Waals surface area (Å²) in [5, 5.41) is 3.43. The highest BCUT2D eigenvalue weighted by molar-refractivity contribution is 6.30. The van der Waals surface area contributed by atoms with Gasteiger partial charge in [-0.05, 0) is 24.6 Å². The Balaban J connectivity index is 2.08. The molecule has 2 aromatic rings. The van der Waals surface area contributed by atoms with Crippen molar-refractivity contribution in [2.24, 2.45) is 0 Å². The summed E-state index contributed by atoms with van der Waals surface area (Å²) < 4.78 is 20.3. The maximum atomic E-state index is 13.2. The van der Waals surface area contributed by atoms with Crippen molar-refractivity contribution in [3.05, 3.63) is 52.3 Å². The van der Waals surface area contributed by atoms with Gasteiger partial charge in [0.2, 0.25) is 0 Å². The van der Waals surface area contributed by atoms with Crippen LogP contribution in [-0.4, -0.2) is 29.8 Å². The molecule has 0 amide bonds. The second-order valence-electron chi connectivity index (χ2n) is 4.80. The van der Waals surface area contributed by atoms with Crippen LogP contribution in [0.5, 0.6) is 0 Å². The lowest BCUT2D eigenvalue weighted by molar-refractivity contribution is 0.199. The summed E-state index contributed by atoms with van der Waals surface area (Å²) in [5.74, 6) is 0.517. The van der Waals surface area contributed by atoms with Gasteiger partial charge in [0.25, 0.3) is 0 Å². The third kappa shape index (κ3) is 4.27. The zero-order chi connectivity index (χ0) is 15.2. The number of hydrogen-bond donors (Lipinski definition) is 1. The molecule has 0 aliphatic heterocycles. The predicted octanol–water partition coefficient (Wildman–Crippen LogP) is 2.77.